The number of aromatic nitrogens is 3. The number of hydrogen-bond acceptors (Lipinski definition) is 6. The zero-order chi connectivity index (χ0) is 24.4. The molecule has 1 aliphatic heterocycles. The van der Waals surface area contributed by atoms with Gasteiger partial charge in [0.15, 0.2) is 5.76 Å². The zero-order valence-electron chi connectivity index (χ0n) is 19.3. The second-order valence-electron chi connectivity index (χ2n) is 8.63. The van der Waals surface area contributed by atoms with Crippen molar-refractivity contribution >= 4 is 23.3 Å². The van der Waals surface area contributed by atoms with Gasteiger partial charge in [-0.15, -0.1) is 0 Å². The first-order valence-corrected chi connectivity index (χ1v) is 11.5. The van der Waals surface area contributed by atoms with Gasteiger partial charge in [-0.05, 0) is 56.2 Å². The predicted octanol–water partition coefficient (Wildman–Crippen LogP) is 3.79. The molecule has 1 saturated heterocycles. The summed E-state index contributed by atoms with van der Waals surface area (Å²) < 4.78 is 7.42. The van der Waals surface area contributed by atoms with Gasteiger partial charge in [0.05, 0.1) is 29.1 Å². The Morgan fingerprint density at radius 3 is 2.63 bits per heavy atom. The molecule has 9 nitrogen and oxygen atoms in total. The second-order valence-corrected chi connectivity index (χ2v) is 8.63. The van der Waals surface area contributed by atoms with Crippen LogP contribution in [0.2, 0.25) is 0 Å². The van der Waals surface area contributed by atoms with Gasteiger partial charge in [-0.25, -0.2) is 9.67 Å². The summed E-state index contributed by atoms with van der Waals surface area (Å²) in [5.41, 5.74) is 7.71. The van der Waals surface area contributed by atoms with Crippen LogP contribution >= 0.6 is 0 Å². The van der Waals surface area contributed by atoms with Crippen molar-refractivity contribution in [3.63, 3.8) is 0 Å². The van der Waals surface area contributed by atoms with E-state index in [2.05, 4.69) is 15.4 Å². The normalized spacial score (nSPS) is 15.7. The molecule has 178 valence electrons. The Kier molecular flexibility index (Phi) is 6.05. The Hall–Kier alpha value is -4.40. The van der Waals surface area contributed by atoms with Crippen molar-refractivity contribution in [2.45, 2.75) is 19.8 Å². The molecule has 0 radical (unpaired) electrons. The minimum atomic E-state index is -0.322. The highest BCUT2D eigenvalue weighted by Gasteiger charge is 2.25. The van der Waals surface area contributed by atoms with Crippen LogP contribution in [0.25, 0.3) is 17.1 Å². The molecule has 1 unspecified atom stereocenters. The Morgan fingerprint density at radius 1 is 1.11 bits per heavy atom. The number of carbonyl (C=O) groups is 2. The number of benzene rings is 1. The van der Waals surface area contributed by atoms with E-state index in [4.69, 9.17) is 10.2 Å². The highest BCUT2D eigenvalue weighted by Crippen LogP contribution is 2.27. The molecule has 0 saturated carbocycles. The lowest BCUT2D eigenvalue weighted by Crippen LogP contribution is -2.41. The number of aryl methyl sites for hydroxylation is 1. The fourth-order valence-corrected chi connectivity index (χ4v) is 4.26. The highest BCUT2D eigenvalue weighted by atomic mass is 16.3. The first kappa shape index (κ1) is 22.4. The SMILES string of the molecule is Cc1ccc(-c2nn(-c3ccccc3)cc2C(=O)Nc2ccc(N3CCCC(C(N)=O)C3)nc2)o1. The van der Waals surface area contributed by atoms with Crippen LogP contribution < -0.4 is 16.0 Å². The van der Waals surface area contributed by atoms with Gasteiger partial charge in [0, 0.05) is 19.3 Å². The van der Waals surface area contributed by atoms with E-state index in [1.54, 1.807) is 29.2 Å². The Morgan fingerprint density at radius 2 is 1.94 bits per heavy atom. The summed E-state index contributed by atoms with van der Waals surface area (Å²) >= 11 is 0. The average molecular weight is 471 g/mol. The van der Waals surface area contributed by atoms with E-state index in [1.165, 1.54) is 0 Å². The molecule has 5 rings (SSSR count). The third kappa shape index (κ3) is 4.79. The third-order valence-electron chi connectivity index (χ3n) is 6.11. The van der Waals surface area contributed by atoms with Crippen LogP contribution in [-0.4, -0.2) is 39.7 Å². The standard InChI is InChI=1S/C26H26N6O3/c1-17-9-11-22(35-17)24-21(16-32(30-24)20-7-3-2-4-8-20)26(34)29-19-10-12-23(28-14-19)31-13-5-6-18(15-31)25(27)33/h2-4,7-12,14,16,18H,5-6,13,15H2,1H3,(H2,27,33)(H,29,34). The summed E-state index contributed by atoms with van der Waals surface area (Å²) in [6.45, 7) is 3.21. The van der Waals surface area contributed by atoms with Crippen molar-refractivity contribution in [1.82, 2.24) is 14.8 Å². The molecule has 0 aliphatic carbocycles. The van der Waals surface area contributed by atoms with E-state index in [0.29, 0.717) is 29.2 Å². The topological polar surface area (TPSA) is 119 Å². The molecule has 1 atom stereocenters. The van der Waals surface area contributed by atoms with E-state index in [-0.39, 0.29) is 17.7 Å². The number of para-hydroxylation sites is 1. The van der Waals surface area contributed by atoms with E-state index >= 15 is 0 Å². The van der Waals surface area contributed by atoms with Crippen LogP contribution in [0.3, 0.4) is 0 Å². The number of nitrogens with zero attached hydrogens (tertiary/aromatic N) is 4. The number of carbonyl (C=O) groups excluding carboxylic acids is 2. The number of piperidine rings is 1. The summed E-state index contributed by atoms with van der Waals surface area (Å²) in [7, 11) is 0. The number of primary amides is 1. The highest BCUT2D eigenvalue weighted by molar-refractivity contribution is 6.07. The molecule has 0 spiro atoms. The molecule has 3 aromatic heterocycles. The molecule has 35 heavy (non-hydrogen) atoms. The number of rotatable bonds is 6. The molecule has 0 bridgehead atoms. The summed E-state index contributed by atoms with van der Waals surface area (Å²) in [6.07, 6.45) is 4.99. The predicted molar refractivity (Wildman–Crippen MR) is 132 cm³/mol. The fourth-order valence-electron chi connectivity index (χ4n) is 4.26. The van der Waals surface area contributed by atoms with E-state index < -0.39 is 0 Å². The molecule has 1 aliphatic rings. The molecular formula is C26H26N6O3. The maximum absolute atomic E-state index is 13.3. The molecule has 4 aromatic rings. The Bertz CT molecular complexity index is 1340. The van der Waals surface area contributed by atoms with Crippen LogP contribution in [0.5, 0.6) is 0 Å². The van der Waals surface area contributed by atoms with Gasteiger partial charge < -0.3 is 20.4 Å². The summed E-state index contributed by atoms with van der Waals surface area (Å²) in [4.78, 5) is 31.4. The maximum Gasteiger partial charge on any atom is 0.259 e. The number of amides is 2. The van der Waals surface area contributed by atoms with Gasteiger partial charge >= 0.3 is 0 Å². The number of furan rings is 1. The quantitative estimate of drug-likeness (QED) is 0.443. The lowest BCUT2D eigenvalue weighted by Gasteiger charge is -2.32. The van der Waals surface area contributed by atoms with Crippen LogP contribution in [0.15, 0.2) is 71.4 Å². The summed E-state index contributed by atoms with van der Waals surface area (Å²) in [5, 5.41) is 7.53. The van der Waals surface area contributed by atoms with Crippen LogP contribution in [0, 0.1) is 12.8 Å². The van der Waals surface area contributed by atoms with E-state index in [0.717, 1.165) is 36.7 Å². The minimum absolute atomic E-state index is 0.172. The number of nitrogens with two attached hydrogens (primary N) is 1. The smallest absolute Gasteiger partial charge is 0.259 e. The van der Waals surface area contributed by atoms with Crippen LogP contribution in [0.4, 0.5) is 11.5 Å². The number of pyridine rings is 1. The monoisotopic (exact) mass is 470 g/mol. The van der Waals surface area contributed by atoms with Gasteiger partial charge in [0.25, 0.3) is 5.91 Å². The van der Waals surface area contributed by atoms with Crippen molar-refractivity contribution in [1.29, 1.82) is 0 Å². The fraction of sp³-hybridized carbons (Fsp3) is 0.231. The van der Waals surface area contributed by atoms with Gasteiger partial charge in [0.1, 0.15) is 17.3 Å². The molecular weight excluding hydrogens is 444 g/mol. The molecule has 9 heteroatoms. The number of anilines is 2. The van der Waals surface area contributed by atoms with Gasteiger partial charge in [0.2, 0.25) is 5.91 Å². The largest absolute Gasteiger partial charge is 0.460 e. The molecule has 2 amide bonds. The van der Waals surface area contributed by atoms with Crippen LogP contribution in [-0.2, 0) is 4.79 Å². The van der Waals surface area contributed by atoms with Gasteiger partial charge in [-0.3, -0.25) is 9.59 Å². The lowest BCUT2D eigenvalue weighted by atomic mass is 9.97. The van der Waals surface area contributed by atoms with E-state index in [9.17, 15) is 9.59 Å². The first-order chi connectivity index (χ1) is 17.0. The average Bonchev–Trinajstić information content (AvgIpc) is 3.52. The summed E-state index contributed by atoms with van der Waals surface area (Å²) in [6, 6.07) is 16.9. The summed E-state index contributed by atoms with van der Waals surface area (Å²) in [5.74, 6) is 1.23. The molecule has 3 N–H and O–H groups in total. The molecule has 4 heterocycles. The van der Waals surface area contributed by atoms with Crippen molar-refractivity contribution in [2.24, 2.45) is 11.7 Å². The van der Waals surface area contributed by atoms with Crippen LogP contribution in [0.1, 0.15) is 29.0 Å². The van der Waals surface area contributed by atoms with Crippen molar-refractivity contribution in [3.8, 4) is 17.1 Å². The molecule has 1 fully saturated rings. The third-order valence-corrected chi connectivity index (χ3v) is 6.11. The zero-order valence-corrected chi connectivity index (χ0v) is 19.3. The van der Waals surface area contributed by atoms with Crippen molar-refractivity contribution in [3.05, 3.63) is 78.3 Å². The Balaban J connectivity index is 1.37. The van der Waals surface area contributed by atoms with Gasteiger partial charge in [-0.1, -0.05) is 18.2 Å². The van der Waals surface area contributed by atoms with Crippen molar-refractivity contribution in [2.75, 3.05) is 23.3 Å². The second kappa shape index (κ2) is 9.46. The number of nitrogens with one attached hydrogen (secondary N) is 1. The van der Waals surface area contributed by atoms with Crippen molar-refractivity contribution < 1.29 is 14.0 Å². The lowest BCUT2D eigenvalue weighted by molar-refractivity contribution is -0.122. The van der Waals surface area contributed by atoms with Gasteiger partial charge in [-0.2, -0.15) is 5.10 Å². The Labute approximate surface area is 202 Å². The maximum atomic E-state index is 13.3. The number of hydrogen-bond donors (Lipinski definition) is 2. The first-order valence-electron chi connectivity index (χ1n) is 11.5. The molecule has 1 aromatic carbocycles. The van der Waals surface area contributed by atoms with E-state index in [1.807, 2.05) is 54.3 Å². The minimum Gasteiger partial charge on any atom is -0.460 e.